The van der Waals surface area contributed by atoms with Crippen LogP contribution < -0.4 is 0 Å². The number of nitrogens with zero attached hydrogens (tertiary/aromatic N) is 2. The number of rotatable bonds is 4. The lowest BCUT2D eigenvalue weighted by Gasteiger charge is -2.35. The first-order valence-corrected chi connectivity index (χ1v) is 10.4. The van der Waals surface area contributed by atoms with Crippen LogP contribution in [0.15, 0.2) is 21.7 Å². The van der Waals surface area contributed by atoms with Crippen molar-refractivity contribution in [1.82, 2.24) is 9.21 Å². The number of piperidine rings is 1. The van der Waals surface area contributed by atoms with Crippen LogP contribution in [-0.2, 0) is 14.8 Å². The molecule has 1 aliphatic heterocycles. The fourth-order valence-corrected chi connectivity index (χ4v) is 5.18. The van der Waals surface area contributed by atoms with Crippen molar-refractivity contribution in [2.45, 2.75) is 43.4 Å². The van der Waals surface area contributed by atoms with Gasteiger partial charge < -0.3 is 9.64 Å². The van der Waals surface area contributed by atoms with E-state index in [1.165, 1.54) is 15.6 Å². The van der Waals surface area contributed by atoms with E-state index in [9.17, 15) is 13.2 Å². The molecule has 136 valence electrons. The zero-order valence-corrected chi connectivity index (χ0v) is 16.3. The average molecular weight is 375 g/mol. The van der Waals surface area contributed by atoms with E-state index in [-0.39, 0.29) is 12.0 Å². The minimum atomic E-state index is -3.44. The second-order valence-electron chi connectivity index (χ2n) is 7.15. The van der Waals surface area contributed by atoms with Gasteiger partial charge in [0.2, 0.25) is 0 Å². The van der Waals surface area contributed by atoms with Crippen LogP contribution in [0.3, 0.4) is 0 Å². The molecular weight excluding hydrogens is 348 g/mol. The third-order valence-electron chi connectivity index (χ3n) is 3.85. The third-order valence-corrected chi connectivity index (χ3v) is 7.04. The number of amides is 1. The molecule has 1 atom stereocenters. The van der Waals surface area contributed by atoms with Gasteiger partial charge in [0.25, 0.3) is 10.0 Å². The van der Waals surface area contributed by atoms with Gasteiger partial charge in [0.05, 0.1) is 0 Å². The van der Waals surface area contributed by atoms with Crippen molar-refractivity contribution in [2.75, 3.05) is 26.7 Å². The molecule has 0 saturated carbocycles. The fraction of sp³-hybridized carbons (Fsp3) is 0.688. The largest absolute Gasteiger partial charge is 0.444 e. The summed E-state index contributed by atoms with van der Waals surface area (Å²) in [7, 11) is -1.85. The van der Waals surface area contributed by atoms with Crippen molar-refractivity contribution in [3.63, 3.8) is 0 Å². The van der Waals surface area contributed by atoms with Crippen molar-refractivity contribution in [3.8, 4) is 0 Å². The molecule has 1 amide bonds. The molecule has 6 nitrogen and oxygen atoms in total. The molecule has 0 spiro atoms. The quantitative estimate of drug-likeness (QED) is 0.812. The van der Waals surface area contributed by atoms with E-state index in [0.29, 0.717) is 23.8 Å². The monoisotopic (exact) mass is 374 g/mol. The van der Waals surface area contributed by atoms with Crippen LogP contribution in [0.2, 0.25) is 0 Å². The van der Waals surface area contributed by atoms with Crippen molar-refractivity contribution in [2.24, 2.45) is 5.92 Å². The summed E-state index contributed by atoms with van der Waals surface area (Å²) in [6.45, 7) is 7.11. The fourth-order valence-electron chi connectivity index (χ4n) is 2.73. The summed E-state index contributed by atoms with van der Waals surface area (Å²) in [4.78, 5) is 13.9. The van der Waals surface area contributed by atoms with Gasteiger partial charge in [0.1, 0.15) is 9.81 Å². The first-order chi connectivity index (χ1) is 11.1. The van der Waals surface area contributed by atoms with Gasteiger partial charge in [-0.25, -0.2) is 13.2 Å². The lowest BCUT2D eigenvalue weighted by Crippen LogP contribution is -2.45. The Morgan fingerprint density at radius 2 is 2.17 bits per heavy atom. The molecule has 1 aromatic rings. The third kappa shape index (κ3) is 4.94. The zero-order valence-electron chi connectivity index (χ0n) is 14.7. The number of carbonyl (C=O) groups excluding carboxylic acids is 1. The predicted molar refractivity (Wildman–Crippen MR) is 94.7 cm³/mol. The van der Waals surface area contributed by atoms with Gasteiger partial charge in [-0.1, -0.05) is 6.07 Å². The van der Waals surface area contributed by atoms with E-state index < -0.39 is 15.6 Å². The molecule has 0 unspecified atom stereocenters. The molecule has 2 heterocycles. The number of ether oxygens (including phenoxy) is 1. The Bertz CT molecular complexity index is 650. The number of likely N-dealkylation sites (tertiary alicyclic amines) is 1. The normalized spacial score (nSPS) is 19.5. The highest BCUT2D eigenvalue weighted by atomic mass is 32.2. The Morgan fingerprint density at radius 3 is 2.75 bits per heavy atom. The molecule has 24 heavy (non-hydrogen) atoms. The van der Waals surface area contributed by atoms with E-state index in [1.807, 2.05) is 20.8 Å². The van der Waals surface area contributed by atoms with Gasteiger partial charge in [-0.3, -0.25) is 0 Å². The first-order valence-electron chi connectivity index (χ1n) is 8.07. The minimum Gasteiger partial charge on any atom is -0.444 e. The molecule has 1 fully saturated rings. The minimum absolute atomic E-state index is 0.117. The molecule has 2 rings (SSSR count). The molecule has 0 aliphatic carbocycles. The molecule has 0 N–H and O–H groups in total. The topological polar surface area (TPSA) is 66.9 Å². The van der Waals surface area contributed by atoms with Crippen molar-refractivity contribution in [3.05, 3.63) is 17.5 Å². The molecular formula is C16H26N2O4S2. The standard InChI is InChI=1S/C16H26N2O4S2/c1-16(2,3)22-15(19)18-9-5-7-13(12-18)11-17(4)24(20,21)14-8-6-10-23-14/h6,8,10,13H,5,7,9,11-12H2,1-4H3/t13-/m0/s1. The number of sulfonamides is 1. The van der Waals surface area contributed by atoms with Gasteiger partial charge in [-0.2, -0.15) is 4.31 Å². The summed E-state index contributed by atoms with van der Waals surface area (Å²) in [5.74, 6) is 0.117. The van der Waals surface area contributed by atoms with Gasteiger partial charge in [0, 0.05) is 26.7 Å². The number of thiophene rings is 1. The summed E-state index contributed by atoms with van der Waals surface area (Å²) < 4.78 is 32.2. The summed E-state index contributed by atoms with van der Waals surface area (Å²) in [6, 6.07) is 3.35. The van der Waals surface area contributed by atoms with Crippen LogP contribution in [0.25, 0.3) is 0 Å². The Morgan fingerprint density at radius 1 is 1.46 bits per heavy atom. The highest BCUT2D eigenvalue weighted by Gasteiger charge is 2.30. The lowest BCUT2D eigenvalue weighted by molar-refractivity contribution is 0.0160. The number of hydrogen-bond acceptors (Lipinski definition) is 5. The van der Waals surface area contributed by atoms with E-state index in [4.69, 9.17) is 4.74 Å². The van der Waals surface area contributed by atoms with Crippen LogP contribution in [0, 0.1) is 5.92 Å². The van der Waals surface area contributed by atoms with E-state index >= 15 is 0 Å². The van der Waals surface area contributed by atoms with E-state index in [2.05, 4.69) is 0 Å². The second kappa shape index (κ2) is 7.41. The summed E-state index contributed by atoms with van der Waals surface area (Å²) in [5.41, 5.74) is -0.524. The van der Waals surface area contributed by atoms with Crippen molar-refractivity contribution >= 4 is 27.5 Å². The maximum Gasteiger partial charge on any atom is 0.410 e. The molecule has 0 radical (unpaired) electrons. The van der Waals surface area contributed by atoms with Gasteiger partial charge in [-0.15, -0.1) is 11.3 Å². The predicted octanol–water partition coefficient (Wildman–Crippen LogP) is 3.02. The Hall–Kier alpha value is -1.12. The summed E-state index contributed by atoms with van der Waals surface area (Å²) in [5, 5.41) is 1.76. The van der Waals surface area contributed by atoms with Gasteiger partial charge in [-0.05, 0) is 51.0 Å². The molecule has 1 aliphatic rings. The van der Waals surface area contributed by atoms with Crippen LogP contribution in [-0.4, -0.2) is 56.0 Å². The molecule has 1 saturated heterocycles. The van der Waals surface area contributed by atoms with E-state index in [0.717, 1.165) is 12.8 Å². The maximum absolute atomic E-state index is 12.5. The Kier molecular flexibility index (Phi) is 5.93. The average Bonchev–Trinajstić information content (AvgIpc) is 3.00. The van der Waals surface area contributed by atoms with Crippen LogP contribution in [0.5, 0.6) is 0 Å². The number of carbonyl (C=O) groups is 1. The van der Waals surface area contributed by atoms with Crippen molar-refractivity contribution in [1.29, 1.82) is 0 Å². The molecule has 0 aromatic carbocycles. The molecule has 0 bridgehead atoms. The highest BCUT2D eigenvalue weighted by Crippen LogP contribution is 2.24. The molecule has 1 aromatic heterocycles. The smallest absolute Gasteiger partial charge is 0.410 e. The highest BCUT2D eigenvalue weighted by molar-refractivity contribution is 7.91. The number of hydrogen-bond donors (Lipinski definition) is 0. The zero-order chi connectivity index (χ0) is 18.0. The second-order valence-corrected chi connectivity index (χ2v) is 10.4. The maximum atomic E-state index is 12.5. The van der Waals surface area contributed by atoms with Gasteiger partial charge in [0.15, 0.2) is 0 Å². The van der Waals surface area contributed by atoms with Crippen molar-refractivity contribution < 1.29 is 17.9 Å². The first kappa shape index (κ1) is 19.2. The summed E-state index contributed by atoms with van der Waals surface area (Å²) >= 11 is 1.22. The summed E-state index contributed by atoms with van der Waals surface area (Å²) in [6.07, 6.45) is 1.44. The van der Waals surface area contributed by atoms with E-state index in [1.54, 1.807) is 29.5 Å². The SMILES string of the molecule is CN(C[C@@H]1CCCN(C(=O)OC(C)(C)C)C1)S(=O)(=O)c1cccs1. The lowest BCUT2D eigenvalue weighted by atomic mass is 9.98. The van der Waals surface area contributed by atoms with Crippen LogP contribution in [0.1, 0.15) is 33.6 Å². The Labute approximate surface area is 148 Å². The Balaban J connectivity index is 1.97. The van der Waals surface area contributed by atoms with Crippen LogP contribution in [0.4, 0.5) is 4.79 Å². The van der Waals surface area contributed by atoms with Crippen LogP contribution >= 0.6 is 11.3 Å². The van der Waals surface area contributed by atoms with Gasteiger partial charge >= 0.3 is 6.09 Å². The molecule has 8 heteroatoms.